The van der Waals surface area contributed by atoms with Crippen molar-refractivity contribution < 1.29 is 37.1 Å². The van der Waals surface area contributed by atoms with Crippen LogP contribution in [0, 0.1) is 7.43 Å². The fraction of sp³-hybridized carbons (Fsp3) is 0. The van der Waals surface area contributed by atoms with E-state index in [0.717, 1.165) is 0 Å². The van der Waals surface area contributed by atoms with Gasteiger partial charge < -0.3 is 14.4 Å². The van der Waals surface area contributed by atoms with E-state index >= 15 is 0 Å². The molecule has 0 radical (unpaired) electrons. The fourth-order valence-electron chi connectivity index (χ4n) is 0. The maximum atomic E-state index is 10.1. The largest absolute Gasteiger partial charge is 5.00 e. The van der Waals surface area contributed by atoms with Crippen molar-refractivity contribution in [1.29, 1.82) is 0 Å². The summed E-state index contributed by atoms with van der Waals surface area (Å²) in [4.78, 5) is 16.9. The van der Waals surface area contributed by atoms with Crippen LogP contribution in [0.5, 0.6) is 0 Å². The van der Waals surface area contributed by atoms with Crippen LogP contribution in [0.15, 0.2) is 0 Å². The van der Waals surface area contributed by atoms with Gasteiger partial charge in [-0.15, -0.1) is 0 Å². The predicted octanol–water partition coefficient (Wildman–Crippen LogP) is -1.14. The second-order valence-corrected chi connectivity index (χ2v) is 1.29. The minimum absolute atomic E-state index is 0. The number of rotatable bonds is 0. The molecule has 0 saturated heterocycles. The minimum Gasteiger partial charge on any atom is -0.786 e. The molecule has 0 aliphatic heterocycles. The fourth-order valence-corrected chi connectivity index (χ4v) is 0. The van der Waals surface area contributed by atoms with Crippen molar-refractivity contribution in [2.45, 2.75) is 0 Å². The molecule has 0 atom stereocenters. The standard InChI is InChI=1S/C.FH2O3P.V/c;1-5(2,3)4;/h;(H2,2,3,4);/q+4;;+5/p-2. The zero-order valence-electron chi connectivity index (χ0n) is 3.00. The molecule has 0 aromatic rings. The third-order valence-electron chi connectivity index (χ3n) is 0. The summed E-state index contributed by atoms with van der Waals surface area (Å²) in [5.74, 6) is 0. The first kappa shape index (κ1) is 15.6. The Morgan fingerprint density at radius 3 is 1.43 bits per heavy atom. The molecule has 0 bridgehead atoms. The van der Waals surface area contributed by atoms with Crippen LogP contribution >= 0.6 is 7.91 Å². The average molecular weight is 161 g/mol. The topological polar surface area (TPSA) is 63.2 Å². The van der Waals surface area contributed by atoms with E-state index in [1.54, 1.807) is 0 Å². The summed E-state index contributed by atoms with van der Waals surface area (Å²) in [7, 11) is -5.64. The Labute approximate surface area is 53.1 Å². The van der Waals surface area contributed by atoms with Crippen molar-refractivity contribution in [2.75, 3.05) is 0 Å². The second-order valence-electron chi connectivity index (χ2n) is 0.431. The van der Waals surface area contributed by atoms with E-state index in [1.807, 2.05) is 0 Å². The first-order chi connectivity index (χ1) is 2.00. The van der Waals surface area contributed by atoms with Crippen molar-refractivity contribution in [1.82, 2.24) is 0 Å². The average Bonchev–Trinajstić information content (AvgIpc) is 0.722. The molecule has 7 heavy (non-hydrogen) atoms. The van der Waals surface area contributed by atoms with Gasteiger partial charge in [-0.05, 0) is 0 Å². The smallest absolute Gasteiger partial charge is 0.786 e. The van der Waals surface area contributed by atoms with Crippen LogP contribution < -0.4 is 9.79 Å². The van der Waals surface area contributed by atoms with Crippen LogP contribution in [0.25, 0.3) is 0 Å². The predicted molar refractivity (Wildman–Crippen MR) is 12.0 cm³/mol. The Kier molecular flexibility index (Phi) is 10.8. The van der Waals surface area contributed by atoms with Gasteiger partial charge in [-0.1, -0.05) is 0 Å². The van der Waals surface area contributed by atoms with Crippen LogP contribution in [-0.4, -0.2) is 0 Å². The number of hydrogen-bond acceptors (Lipinski definition) is 3. The first-order valence-corrected chi connectivity index (χ1v) is 2.15. The van der Waals surface area contributed by atoms with Crippen molar-refractivity contribution in [3.8, 4) is 0 Å². The Bertz CT molecular complexity index is 61.1. The summed E-state index contributed by atoms with van der Waals surface area (Å²) in [6.07, 6.45) is 0. The molecule has 0 unspecified atom stereocenters. The van der Waals surface area contributed by atoms with Crippen molar-refractivity contribution in [2.24, 2.45) is 0 Å². The normalized spacial score (nSPS) is 8.43. The molecule has 3 nitrogen and oxygen atoms in total. The van der Waals surface area contributed by atoms with Gasteiger partial charge in [-0.2, -0.15) is 0 Å². The van der Waals surface area contributed by atoms with Crippen molar-refractivity contribution >= 4 is 7.91 Å². The summed E-state index contributed by atoms with van der Waals surface area (Å²) in [5, 5.41) is 0. The van der Waals surface area contributed by atoms with Gasteiger partial charge in [0, 0.05) is 0 Å². The van der Waals surface area contributed by atoms with E-state index in [0.29, 0.717) is 0 Å². The van der Waals surface area contributed by atoms with Crippen molar-refractivity contribution in [3.63, 3.8) is 0 Å². The van der Waals surface area contributed by atoms with E-state index in [-0.39, 0.29) is 26.0 Å². The molecule has 0 aliphatic rings. The van der Waals surface area contributed by atoms with E-state index < -0.39 is 7.91 Å². The van der Waals surface area contributed by atoms with Gasteiger partial charge >= 0.3 is 26.0 Å². The summed E-state index contributed by atoms with van der Waals surface area (Å²) < 4.78 is 18.6. The molecular weight excluding hydrogens is 161 g/mol. The molecular formula is CFO3PV+7. The van der Waals surface area contributed by atoms with Crippen molar-refractivity contribution in [3.05, 3.63) is 7.43 Å². The second kappa shape index (κ2) is 4.81. The summed E-state index contributed by atoms with van der Waals surface area (Å²) in [6.45, 7) is 0. The molecule has 0 aromatic heterocycles. The molecule has 0 heterocycles. The Morgan fingerprint density at radius 2 is 1.43 bits per heavy atom. The number of halogens is 1. The van der Waals surface area contributed by atoms with Gasteiger partial charge in [0.25, 0.3) is 0 Å². The quantitative estimate of drug-likeness (QED) is 0.422. The Morgan fingerprint density at radius 1 is 1.43 bits per heavy atom. The van der Waals surface area contributed by atoms with Gasteiger partial charge in [0.1, 0.15) is 7.91 Å². The zero-order valence-corrected chi connectivity index (χ0v) is 5.29. The Balaban J connectivity index is -0.0000000800. The molecule has 32 valence electrons. The van der Waals surface area contributed by atoms with Crippen LogP contribution in [0.3, 0.4) is 0 Å². The molecule has 0 fully saturated rings. The van der Waals surface area contributed by atoms with Gasteiger partial charge in [0.2, 0.25) is 0 Å². The zero-order chi connectivity index (χ0) is 4.50. The summed E-state index contributed by atoms with van der Waals surface area (Å²) in [5.41, 5.74) is 0. The van der Waals surface area contributed by atoms with Gasteiger partial charge in [0.05, 0.1) is 0 Å². The monoisotopic (exact) mass is 161 g/mol. The molecule has 0 amide bonds. The van der Waals surface area contributed by atoms with Gasteiger partial charge in [0.15, 0.2) is 0 Å². The van der Waals surface area contributed by atoms with E-state index in [2.05, 4.69) is 0 Å². The maximum Gasteiger partial charge on any atom is 5.00 e. The van der Waals surface area contributed by atoms with Crippen LogP contribution in [0.4, 0.5) is 4.20 Å². The van der Waals surface area contributed by atoms with E-state index in [1.165, 1.54) is 0 Å². The molecule has 0 spiro atoms. The third kappa shape index (κ3) is 328. The van der Waals surface area contributed by atoms with Crippen LogP contribution in [0.1, 0.15) is 0 Å². The molecule has 0 N–H and O–H groups in total. The molecule has 0 aliphatic carbocycles. The van der Waals surface area contributed by atoms with Gasteiger partial charge in [-0.25, -0.2) is 4.20 Å². The van der Waals surface area contributed by atoms with E-state index in [4.69, 9.17) is 14.4 Å². The minimum atomic E-state index is -5.64. The Hall–Kier alpha value is 0.664. The summed E-state index contributed by atoms with van der Waals surface area (Å²) >= 11 is 0. The molecule has 0 saturated carbocycles. The molecule has 0 rings (SSSR count). The molecule has 0 aromatic carbocycles. The maximum absolute atomic E-state index is 10.1. The first-order valence-electron chi connectivity index (χ1n) is 0.717. The molecule has 6 heteroatoms. The van der Waals surface area contributed by atoms with Crippen LogP contribution in [0.2, 0.25) is 0 Å². The number of hydrogen-bond donors (Lipinski definition) is 0. The van der Waals surface area contributed by atoms with E-state index in [9.17, 15) is 4.20 Å². The SMILES string of the molecule is O=P([O-])([O-])F.[C+4].[V+5]. The summed E-state index contributed by atoms with van der Waals surface area (Å²) in [6, 6.07) is 0. The van der Waals surface area contributed by atoms with Gasteiger partial charge in [-0.3, -0.25) is 0 Å². The third-order valence-corrected chi connectivity index (χ3v) is 0. The van der Waals surface area contributed by atoms with Crippen LogP contribution in [-0.2, 0) is 23.1 Å².